The van der Waals surface area contributed by atoms with E-state index >= 15 is 0 Å². The van der Waals surface area contributed by atoms with Gasteiger partial charge >= 0.3 is 0 Å². The number of thiocarbonyl (C=S) groups is 1. The van der Waals surface area contributed by atoms with Crippen LogP contribution in [0.5, 0.6) is 0 Å². The zero-order chi connectivity index (χ0) is 38.7. The van der Waals surface area contributed by atoms with E-state index in [1.54, 1.807) is 23.1 Å². The average Bonchev–Trinajstić information content (AvgIpc) is 3.31. The van der Waals surface area contributed by atoms with E-state index in [-0.39, 0.29) is 53.8 Å². The number of anilines is 2. The molecule has 3 heterocycles. The Morgan fingerprint density at radius 2 is 1.72 bits per heavy atom. The molecule has 1 aliphatic carbocycles. The van der Waals surface area contributed by atoms with Gasteiger partial charge in [0.15, 0.2) is 5.11 Å². The molecule has 0 spiro atoms. The SMILES string of the molecule is C[C@@H]1CN(CCCO[C@H]2CC[C@H](N3C(=S)N(c4ccc(C#N)c(Cl)c4)C(=O)C3(C)C)CC2)C[C@H](C)N1CC(=O)Nc1ccc(C2CCC(=O)NC2=O)cc1. The summed E-state index contributed by atoms with van der Waals surface area (Å²) in [5, 5.41) is 15.4. The number of piperidine rings is 1. The number of amides is 4. The highest BCUT2D eigenvalue weighted by Gasteiger charge is 2.52. The standard InChI is InChI=1S/C40H50ClN7O5S/c1-25-22-45(23-26(2)46(25)24-36(50)43-29-9-6-27(7-10-29)33-16-17-35(49)44-37(33)51)18-5-19-53-32-14-12-30(13-15-32)48-39(54)47(38(52)40(48,3)4)31-11-8-28(21-42)34(41)20-31/h6-11,20,25-26,30,32-33H,5,12-19,22-24H2,1-4H3,(H,43,50)(H,44,49,51)/t25-,26+,30-,32-,33?. The maximum atomic E-state index is 13.6. The van der Waals surface area contributed by atoms with Gasteiger partial charge in [-0.1, -0.05) is 23.7 Å². The summed E-state index contributed by atoms with van der Waals surface area (Å²) in [6.07, 6.45) is 5.47. The molecule has 54 heavy (non-hydrogen) atoms. The first kappa shape index (κ1) is 39.8. The number of rotatable bonds is 11. The summed E-state index contributed by atoms with van der Waals surface area (Å²) in [7, 11) is 0. The molecule has 2 aromatic carbocycles. The Kier molecular flexibility index (Phi) is 12.4. The van der Waals surface area contributed by atoms with Crippen molar-refractivity contribution in [2.45, 2.75) is 108 Å². The summed E-state index contributed by atoms with van der Waals surface area (Å²) in [6, 6.07) is 14.9. The molecule has 288 valence electrons. The molecule has 4 fully saturated rings. The number of nitrogens with one attached hydrogen (secondary N) is 2. The average molecular weight is 776 g/mol. The highest BCUT2D eigenvalue weighted by Crippen LogP contribution is 2.39. The summed E-state index contributed by atoms with van der Waals surface area (Å²) in [6.45, 7) is 11.8. The van der Waals surface area contributed by atoms with Crippen LogP contribution >= 0.6 is 23.8 Å². The second-order valence-electron chi connectivity index (χ2n) is 15.6. The van der Waals surface area contributed by atoms with Gasteiger partial charge in [-0.2, -0.15) is 5.26 Å². The molecule has 12 nitrogen and oxygen atoms in total. The third-order valence-electron chi connectivity index (χ3n) is 11.4. The highest BCUT2D eigenvalue weighted by molar-refractivity contribution is 7.80. The number of imide groups is 1. The summed E-state index contributed by atoms with van der Waals surface area (Å²) >= 11 is 12.2. The Morgan fingerprint density at radius 1 is 1.04 bits per heavy atom. The number of nitrogens with zero attached hydrogens (tertiary/aromatic N) is 5. The molecule has 1 unspecified atom stereocenters. The van der Waals surface area contributed by atoms with Crippen molar-refractivity contribution in [2.75, 3.05) is 43.0 Å². The third kappa shape index (κ3) is 8.63. The largest absolute Gasteiger partial charge is 0.378 e. The van der Waals surface area contributed by atoms with Crippen LogP contribution < -0.4 is 15.5 Å². The predicted octanol–water partition coefficient (Wildman–Crippen LogP) is 5.20. The van der Waals surface area contributed by atoms with E-state index in [4.69, 9.17) is 28.6 Å². The number of carbonyl (C=O) groups excluding carboxylic acids is 4. The molecule has 2 N–H and O–H groups in total. The lowest BCUT2D eigenvalue weighted by Gasteiger charge is -2.44. The van der Waals surface area contributed by atoms with E-state index in [1.165, 1.54) is 0 Å². The van der Waals surface area contributed by atoms with Gasteiger partial charge in [-0.25, -0.2) is 0 Å². The van der Waals surface area contributed by atoms with Crippen LogP contribution in [-0.2, 0) is 23.9 Å². The fourth-order valence-electron chi connectivity index (χ4n) is 8.53. The first-order valence-electron chi connectivity index (χ1n) is 19.0. The number of hydrogen-bond acceptors (Lipinski definition) is 9. The van der Waals surface area contributed by atoms with Crippen LogP contribution in [0.1, 0.15) is 89.7 Å². The van der Waals surface area contributed by atoms with Crippen LogP contribution in [0.4, 0.5) is 11.4 Å². The molecule has 6 rings (SSSR count). The van der Waals surface area contributed by atoms with Gasteiger partial charge in [-0.15, -0.1) is 0 Å². The van der Waals surface area contributed by atoms with Crippen molar-refractivity contribution in [3.63, 3.8) is 0 Å². The molecule has 3 atom stereocenters. The fraction of sp³-hybridized carbons (Fsp3) is 0.550. The summed E-state index contributed by atoms with van der Waals surface area (Å²) in [5.74, 6) is -1.03. The fourth-order valence-corrected chi connectivity index (χ4v) is 9.31. The smallest absolute Gasteiger partial charge is 0.258 e. The van der Waals surface area contributed by atoms with Crippen LogP contribution in [0.25, 0.3) is 0 Å². The topological polar surface area (TPSA) is 138 Å². The molecule has 1 saturated carbocycles. The van der Waals surface area contributed by atoms with Gasteiger partial charge in [0.2, 0.25) is 17.7 Å². The quantitative estimate of drug-likeness (QED) is 0.178. The predicted molar refractivity (Wildman–Crippen MR) is 211 cm³/mol. The molecule has 3 saturated heterocycles. The van der Waals surface area contributed by atoms with Gasteiger partial charge < -0.3 is 19.9 Å². The van der Waals surface area contributed by atoms with Gasteiger partial charge in [0.25, 0.3) is 5.91 Å². The molecule has 14 heteroatoms. The second-order valence-corrected chi connectivity index (χ2v) is 16.4. The number of benzene rings is 2. The molecule has 0 bridgehead atoms. The molecule has 3 aliphatic heterocycles. The van der Waals surface area contributed by atoms with Crippen LogP contribution in [0.2, 0.25) is 5.02 Å². The van der Waals surface area contributed by atoms with E-state index in [0.717, 1.165) is 57.3 Å². The van der Waals surface area contributed by atoms with E-state index in [0.29, 0.717) is 53.1 Å². The molecule has 4 aliphatic rings. The van der Waals surface area contributed by atoms with Crippen molar-refractivity contribution in [1.82, 2.24) is 20.0 Å². The van der Waals surface area contributed by atoms with Gasteiger partial charge in [0.1, 0.15) is 11.6 Å². The molecular formula is C40H50ClN7O5S. The lowest BCUT2D eigenvalue weighted by atomic mass is 9.89. The van der Waals surface area contributed by atoms with Crippen molar-refractivity contribution < 1.29 is 23.9 Å². The minimum atomic E-state index is -0.800. The number of halogens is 1. The summed E-state index contributed by atoms with van der Waals surface area (Å²) < 4.78 is 6.35. The van der Waals surface area contributed by atoms with Crippen molar-refractivity contribution in [3.05, 3.63) is 58.6 Å². The van der Waals surface area contributed by atoms with E-state index in [1.807, 2.05) is 38.1 Å². The van der Waals surface area contributed by atoms with Crippen LogP contribution in [0, 0.1) is 11.3 Å². The lowest BCUT2D eigenvalue weighted by molar-refractivity contribution is -0.134. The van der Waals surface area contributed by atoms with E-state index in [2.05, 4.69) is 45.3 Å². The first-order valence-corrected chi connectivity index (χ1v) is 19.8. The van der Waals surface area contributed by atoms with Gasteiger partial charge in [-0.3, -0.25) is 34.3 Å². The first-order chi connectivity index (χ1) is 25.8. The number of piperazine rings is 1. The maximum Gasteiger partial charge on any atom is 0.258 e. The molecular weight excluding hydrogens is 726 g/mol. The monoisotopic (exact) mass is 775 g/mol. The summed E-state index contributed by atoms with van der Waals surface area (Å²) in [4.78, 5) is 58.6. The van der Waals surface area contributed by atoms with E-state index < -0.39 is 5.54 Å². The number of ether oxygens (including phenoxy) is 1. The zero-order valence-electron chi connectivity index (χ0n) is 31.5. The molecule has 0 radical (unpaired) electrons. The van der Waals surface area contributed by atoms with Crippen LogP contribution in [0.3, 0.4) is 0 Å². The van der Waals surface area contributed by atoms with Gasteiger partial charge in [0, 0.05) is 56.5 Å². The van der Waals surface area contributed by atoms with Gasteiger partial charge in [-0.05, 0) is 114 Å². The van der Waals surface area contributed by atoms with Crippen molar-refractivity contribution >= 4 is 63.9 Å². The van der Waals surface area contributed by atoms with Crippen molar-refractivity contribution in [3.8, 4) is 6.07 Å². The summed E-state index contributed by atoms with van der Waals surface area (Å²) in [5.41, 5.74) is 1.64. The van der Waals surface area contributed by atoms with Crippen molar-refractivity contribution in [1.29, 1.82) is 5.26 Å². The minimum Gasteiger partial charge on any atom is -0.378 e. The maximum absolute atomic E-state index is 13.6. The molecule has 4 amide bonds. The lowest BCUT2D eigenvalue weighted by Crippen LogP contribution is -2.58. The Hall–Kier alpha value is -3.93. The van der Waals surface area contributed by atoms with Gasteiger partial charge in [0.05, 0.1) is 34.8 Å². The Bertz CT molecular complexity index is 1800. The zero-order valence-corrected chi connectivity index (χ0v) is 33.0. The Balaban J connectivity index is 0.902. The normalized spacial score (nSPS) is 26.5. The minimum absolute atomic E-state index is 0.0747. The number of carbonyl (C=O) groups is 4. The Morgan fingerprint density at radius 3 is 2.35 bits per heavy atom. The number of hydrogen-bond donors (Lipinski definition) is 2. The molecule has 2 aromatic rings. The third-order valence-corrected chi connectivity index (χ3v) is 12.1. The Labute approximate surface area is 328 Å². The van der Waals surface area contributed by atoms with Crippen molar-refractivity contribution in [2.24, 2.45) is 0 Å². The second kappa shape index (κ2) is 16.8. The highest BCUT2D eigenvalue weighted by atomic mass is 35.5. The molecule has 0 aromatic heterocycles. The number of nitriles is 1. The van der Waals surface area contributed by atoms with E-state index in [9.17, 15) is 24.4 Å². The van der Waals surface area contributed by atoms with Crippen LogP contribution in [-0.4, -0.2) is 106 Å². The van der Waals surface area contributed by atoms with Crippen LogP contribution in [0.15, 0.2) is 42.5 Å².